The summed E-state index contributed by atoms with van der Waals surface area (Å²) < 4.78 is 32.3. The first-order chi connectivity index (χ1) is 25.1. The molecular weight excluding hydrogens is 677 g/mol. The van der Waals surface area contributed by atoms with Crippen molar-refractivity contribution in [3.8, 4) is 0 Å². The molecule has 0 amide bonds. The summed E-state index contributed by atoms with van der Waals surface area (Å²) in [7, 11) is -2.31. The number of ether oxygens (including phenoxy) is 4. The average Bonchev–Trinajstić information content (AvgIpc) is 3.89. The Morgan fingerprint density at radius 1 is 0.981 bits per heavy atom. The maximum Gasteiger partial charge on any atom is 0.330 e. The van der Waals surface area contributed by atoms with E-state index in [-0.39, 0.29) is 30.5 Å². The number of unbranched alkanes of at least 4 members (excludes halogenated alkanes) is 3. The maximum absolute atomic E-state index is 13.6. The number of aliphatic hydroxyl groups is 1. The molecule has 0 aliphatic carbocycles. The third kappa shape index (κ3) is 14.1. The van der Waals surface area contributed by atoms with Crippen LogP contribution in [0.25, 0.3) is 0 Å². The van der Waals surface area contributed by atoms with Gasteiger partial charge >= 0.3 is 5.97 Å². The Bertz CT molecular complexity index is 1210. The molecule has 0 spiro atoms. The molecule has 4 aliphatic rings. The predicted molar refractivity (Wildman–Crippen MR) is 207 cm³/mol. The average molecular weight is 745 g/mol. The first-order valence-electron chi connectivity index (χ1n) is 20.2. The van der Waals surface area contributed by atoms with Crippen LogP contribution in [0.2, 0.25) is 18.1 Å². The lowest BCUT2D eigenvalue weighted by Crippen LogP contribution is -2.46. The number of carbonyl (C=O) groups excluding carboxylic acids is 1. The van der Waals surface area contributed by atoms with Crippen molar-refractivity contribution in [1.29, 1.82) is 0 Å². The van der Waals surface area contributed by atoms with Crippen LogP contribution < -0.4 is 0 Å². The highest BCUT2D eigenvalue weighted by atomic mass is 28.4. The fourth-order valence-corrected chi connectivity index (χ4v) is 12.9. The second-order valence-corrected chi connectivity index (χ2v) is 19.9. The summed E-state index contributed by atoms with van der Waals surface area (Å²) in [6.45, 7) is 15.2. The van der Waals surface area contributed by atoms with E-state index < -0.39 is 38.9 Å². The molecule has 0 saturated carbocycles. The third-order valence-electron chi connectivity index (χ3n) is 10.9. The van der Waals surface area contributed by atoms with Crippen molar-refractivity contribution in [3.05, 3.63) is 60.3 Å². The van der Waals surface area contributed by atoms with E-state index in [1.54, 1.807) is 6.08 Å². The van der Waals surface area contributed by atoms with Crippen LogP contribution in [0.4, 0.5) is 0 Å². The molecule has 4 heterocycles. The van der Waals surface area contributed by atoms with Crippen LogP contribution in [-0.2, 0) is 33.1 Å². The zero-order valence-electron chi connectivity index (χ0n) is 32.6. The number of cyclic esters (lactones) is 1. The minimum Gasteiger partial charge on any atom is -0.456 e. The van der Waals surface area contributed by atoms with Gasteiger partial charge in [-0.05, 0) is 75.6 Å². The number of carbonyl (C=O) groups is 1. The van der Waals surface area contributed by atoms with Gasteiger partial charge in [0.1, 0.15) is 18.3 Å². The van der Waals surface area contributed by atoms with Gasteiger partial charge in [-0.25, -0.2) is 14.9 Å². The molecule has 0 aromatic heterocycles. The molecule has 0 aromatic carbocycles. The Morgan fingerprint density at radius 3 is 2.37 bits per heavy atom. The fraction of sp³-hybridized carbons (Fsp3) is 0.738. The van der Waals surface area contributed by atoms with Gasteiger partial charge in [0.05, 0.1) is 30.5 Å². The van der Waals surface area contributed by atoms with E-state index in [1.165, 1.54) is 6.08 Å². The van der Waals surface area contributed by atoms with Crippen molar-refractivity contribution in [1.82, 2.24) is 0 Å². The summed E-state index contributed by atoms with van der Waals surface area (Å²) in [6.07, 6.45) is 20.8. The number of aliphatic hydroxyl groups excluding tert-OH is 1. The zero-order chi connectivity index (χ0) is 37.5. The summed E-state index contributed by atoms with van der Waals surface area (Å²) in [6, 6.07) is 3.15. The van der Waals surface area contributed by atoms with Gasteiger partial charge < -0.3 is 28.5 Å². The Balaban J connectivity index is 1.67. The minimum absolute atomic E-state index is 0.101. The van der Waals surface area contributed by atoms with Crippen molar-refractivity contribution < 1.29 is 43.4 Å². The van der Waals surface area contributed by atoms with Crippen LogP contribution in [0, 0.1) is 5.92 Å². The first kappa shape index (κ1) is 42.8. The van der Waals surface area contributed by atoms with Crippen LogP contribution in [0.5, 0.6) is 0 Å². The van der Waals surface area contributed by atoms with Crippen molar-refractivity contribution in [2.45, 2.75) is 191 Å². The quantitative estimate of drug-likeness (QED) is 0.0423. The molecule has 1 fully saturated rings. The van der Waals surface area contributed by atoms with Gasteiger partial charge in [0.2, 0.25) is 6.29 Å². The van der Waals surface area contributed by atoms with E-state index >= 15 is 0 Å². The molecule has 1 unspecified atom stereocenters. The molecule has 10 heteroatoms. The van der Waals surface area contributed by atoms with E-state index in [0.29, 0.717) is 31.6 Å². The van der Waals surface area contributed by atoms with E-state index in [0.717, 1.165) is 87.1 Å². The van der Waals surface area contributed by atoms with Crippen LogP contribution in [0.1, 0.15) is 118 Å². The minimum atomic E-state index is -2.31. The highest BCUT2D eigenvalue weighted by Gasteiger charge is 2.48. The van der Waals surface area contributed by atoms with Gasteiger partial charge in [0.15, 0.2) is 8.32 Å². The van der Waals surface area contributed by atoms with E-state index in [2.05, 4.69) is 51.3 Å². The normalized spacial score (nSPS) is 33.4. The lowest BCUT2D eigenvalue weighted by Gasteiger charge is -2.38. The summed E-state index contributed by atoms with van der Waals surface area (Å²) in [4.78, 5) is 18.2. The summed E-state index contributed by atoms with van der Waals surface area (Å²) in [5.74, 6) is -0.0657. The lowest BCUT2D eigenvalue weighted by atomic mass is 9.91. The largest absolute Gasteiger partial charge is 0.456 e. The Kier molecular flexibility index (Phi) is 18.0. The van der Waals surface area contributed by atoms with Crippen LogP contribution >= 0.6 is 0 Å². The molecular formula is C42H68O9Si. The molecule has 294 valence electrons. The Morgan fingerprint density at radius 2 is 1.69 bits per heavy atom. The summed E-state index contributed by atoms with van der Waals surface area (Å²) in [5.41, 5.74) is 2.05. The highest BCUT2D eigenvalue weighted by molar-refractivity contribution is 6.73. The second-order valence-electron chi connectivity index (χ2n) is 15.8. The van der Waals surface area contributed by atoms with Crippen molar-refractivity contribution in [2.75, 3.05) is 0 Å². The first-order valence-corrected chi connectivity index (χ1v) is 22.8. The number of hydrogen-bond donors (Lipinski definition) is 2. The molecule has 1 saturated heterocycles. The molecule has 10 atom stereocenters. The topological polar surface area (TPSA) is 116 Å². The zero-order valence-corrected chi connectivity index (χ0v) is 33.6. The number of epoxide rings is 1. The monoisotopic (exact) mass is 744 g/mol. The van der Waals surface area contributed by atoms with Crippen molar-refractivity contribution >= 4 is 14.3 Å². The number of hydrogen-bond acceptors (Lipinski definition) is 9. The fourth-order valence-electron chi connectivity index (χ4n) is 8.04. The molecule has 4 aliphatic heterocycles. The number of fused-ring (bicyclic) bond motifs is 3. The molecule has 0 radical (unpaired) electrons. The molecule has 2 N–H and O–H groups in total. The van der Waals surface area contributed by atoms with Gasteiger partial charge in [0, 0.05) is 12.5 Å². The standard InChI is InChI=1S/C42H68O9Si/c1-7-10-21-52(22-11-8-2,23-12-9-3)51-37(20-19-35-26-32(6)28-41(47-35)50-45)38-29-39-42(49-39)36(43)27-31(5)24-30(4)25-34-17-13-15-33(46-34)16-14-18-40(44)48-38/h13-15,18-20,28,30,33-39,41-43,45H,5,7-12,16-17,21-27,29H2,1-4,6H3/b18-14-,20-19+/t30-,33-,34-,35+,36-,37-,38-,39+,41?,42-/m0/s1. The molecule has 0 aromatic rings. The van der Waals surface area contributed by atoms with E-state index in [4.69, 9.17) is 23.4 Å². The van der Waals surface area contributed by atoms with E-state index in [1.807, 2.05) is 25.2 Å². The maximum atomic E-state index is 13.6. The number of rotatable bonds is 15. The van der Waals surface area contributed by atoms with Gasteiger partial charge in [-0.15, -0.1) is 0 Å². The van der Waals surface area contributed by atoms with Crippen LogP contribution in [0.3, 0.4) is 0 Å². The third-order valence-corrected chi connectivity index (χ3v) is 15.4. The Hall–Kier alpha value is -1.89. The van der Waals surface area contributed by atoms with E-state index in [9.17, 15) is 15.2 Å². The number of esters is 1. The van der Waals surface area contributed by atoms with Gasteiger partial charge in [-0.3, -0.25) is 0 Å². The van der Waals surface area contributed by atoms with Crippen molar-refractivity contribution in [2.24, 2.45) is 5.92 Å². The van der Waals surface area contributed by atoms with Crippen molar-refractivity contribution in [3.63, 3.8) is 0 Å². The molecule has 4 rings (SSSR count). The van der Waals surface area contributed by atoms with Crippen LogP contribution in [-0.4, -0.2) is 79.8 Å². The second kappa shape index (κ2) is 21.9. The van der Waals surface area contributed by atoms with Gasteiger partial charge in [0.25, 0.3) is 0 Å². The smallest absolute Gasteiger partial charge is 0.330 e. The predicted octanol–water partition coefficient (Wildman–Crippen LogP) is 9.29. The summed E-state index contributed by atoms with van der Waals surface area (Å²) in [5, 5.41) is 20.7. The SMILES string of the molecule is C=C1C[C@H](C)C[C@@H]2CC=C[C@@H](C/C=C\C(=O)O[C@H]([C@H](/C=C/[C@@H]3CC(C)=CC(OO)O3)O[Si](CCCC)(CCCC)CCCC)C[C@H]3O[C@H]3[C@@H](O)C1)O2. The summed E-state index contributed by atoms with van der Waals surface area (Å²) >= 11 is 0. The molecule has 9 nitrogen and oxygen atoms in total. The Labute approximate surface area is 314 Å². The van der Waals surface area contributed by atoms with Gasteiger partial charge in [-0.2, -0.15) is 0 Å². The van der Waals surface area contributed by atoms with Crippen LogP contribution in [0.15, 0.2) is 60.3 Å². The highest BCUT2D eigenvalue weighted by Crippen LogP contribution is 2.38. The van der Waals surface area contributed by atoms with Gasteiger partial charge in [-0.1, -0.05) is 114 Å². The lowest BCUT2D eigenvalue weighted by molar-refractivity contribution is -0.336. The molecule has 52 heavy (non-hydrogen) atoms. The molecule has 2 bridgehead atoms.